The van der Waals surface area contributed by atoms with E-state index in [0.29, 0.717) is 11.6 Å². The minimum absolute atomic E-state index is 0.398. The predicted octanol–water partition coefficient (Wildman–Crippen LogP) is 3.40. The van der Waals surface area contributed by atoms with Gasteiger partial charge in [0.2, 0.25) is 0 Å². The summed E-state index contributed by atoms with van der Waals surface area (Å²) in [5, 5.41) is 0. The lowest BCUT2D eigenvalue weighted by atomic mass is 9.54. The molecule has 0 saturated heterocycles. The monoisotopic (exact) mass is 275 g/mol. The lowest BCUT2D eigenvalue weighted by Gasteiger charge is -2.54. The minimum Gasteiger partial charge on any atom is -0.268 e. The van der Waals surface area contributed by atoms with Crippen LogP contribution in [0.5, 0.6) is 0 Å². The predicted molar refractivity (Wildman–Crippen MR) is 76.7 cm³/mol. The molecule has 5 aliphatic carbocycles. The highest BCUT2D eigenvalue weighted by Gasteiger charge is 2.49. The van der Waals surface area contributed by atoms with E-state index in [-0.39, 0.29) is 0 Å². The van der Waals surface area contributed by atoms with Gasteiger partial charge in [-0.15, -0.1) is 0 Å². The highest BCUT2D eigenvalue weighted by molar-refractivity contribution is 7.06. The Labute approximate surface area is 118 Å². The van der Waals surface area contributed by atoms with E-state index in [1.54, 1.807) is 0 Å². The molecule has 0 aliphatic heterocycles. The first-order valence-electron chi connectivity index (χ1n) is 8.03. The molecule has 0 aromatic carbocycles. The highest BCUT2D eigenvalue weighted by Crippen LogP contribution is 2.58. The van der Waals surface area contributed by atoms with Crippen molar-refractivity contribution < 1.29 is 0 Å². The second-order valence-corrected chi connectivity index (χ2v) is 8.47. The molecule has 5 aliphatic rings. The molecule has 19 heavy (non-hydrogen) atoms. The molecule has 0 unspecified atom stereocenters. The van der Waals surface area contributed by atoms with Crippen LogP contribution >= 0.6 is 11.5 Å². The number of nitrogens with zero attached hydrogens (tertiary/aromatic N) is 1. The van der Waals surface area contributed by atoms with Crippen LogP contribution in [0.1, 0.15) is 55.0 Å². The second-order valence-electron chi connectivity index (χ2n) is 7.40. The van der Waals surface area contributed by atoms with Gasteiger partial charge in [0.05, 0.1) is 6.04 Å². The average molecular weight is 275 g/mol. The molecule has 1 aromatic rings. The second kappa shape index (κ2) is 3.75. The van der Waals surface area contributed by atoms with Crippen molar-refractivity contribution in [1.29, 1.82) is 0 Å². The van der Waals surface area contributed by atoms with Crippen LogP contribution in [0.15, 0.2) is 4.79 Å². The first-order chi connectivity index (χ1) is 9.29. The van der Waals surface area contributed by atoms with Gasteiger partial charge in [0, 0.05) is 10.4 Å². The van der Waals surface area contributed by atoms with Gasteiger partial charge in [-0.25, -0.2) is 0 Å². The zero-order valence-corrected chi connectivity index (χ0v) is 12.1. The summed E-state index contributed by atoms with van der Waals surface area (Å²) in [6, 6.07) is 0.580. The normalized spacial score (nSPS) is 42.8. The van der Waals surface area contributed by atoms with Crippen LogP contribution in [0, 0.1) is 23.7 Å². The van der Waals surface area contributed by atoms with Crippen LogP contribution < -0.4 is 5.56 Å². The van der Waals surface area contributed by atoms with E-state index in [4.69, 9.17) is 0 Å². The van der Waals surface area contributed by atoms with Gasteiger partial charge in [0.15, 0.2) is 0 Å². The van der Waals surface area contributed by atoms with Gasteiger partial charge in [0.25, 0.3) is 5.56 Å². The summed E-state index contributed by atoms with van der Waals surface area (Å²) < 4.78 is 2.23. The van der Waals surface area contributed by atoms with Crippen molar-refractivity contribution in [3.05, 3.63) is 20.8 Å². The third kappa shape index (κ3) is 1.45. The summed E-state index contributed by atoms with van der Waals surface area (Å²) in [6.45, 7) is 0. The number of fused-ring (bicyclic) bond motifs is 1. The van der Waals surface area contributed by atoms with Gasteiger partial charge in [-0.05, 0) is 75.0 Å². The standard InChI is InChI=1S/C16H21NOS/c18-16-13-2-1-3-14(13)19-17(16)15-11-5-9-4-10(7-11)8-12(15)6-9/h9-12,15H,1-8H2. The molecule has 0 spiro atoms. The number of hydrogen-bond acceptors (Lipinski definition) is 2. The summed E-state index contributed by atoms with van der Waals surface area (Å²) in [6.07, 6.45) is 10.5. The van der Waals surface area contributed by atoms with E-state index >= 15 is 0 Å². The quantitative estimate of drug-likeness (QED) is 0.770. The van der Waals surface area contributed by atoms with Gasteiger partial charge < -0.3 is 0 Å². The van der Waals surface area contributed by atoms with E-state index < -0.39 is 0 Å². The summed E-state index contributed by atoms with van der Waals surface area (Å²) >= 11 is 1.83. The maximum atomic E-state index is 12.7. The first kappa shape index (κ1) is 11.1. The Morgan fingerprint density at radius 3 is 2.26 bits per heavy atom. The fourth-order valence-corrected chi connectivity index (χ4v) is 7.24. The Morgan fingerprint density at radius 1 is 0.947 bits per heavy atom. The molecule has 6 rings (SSSR count). The third-order valence-electron chi connectivity index (χ3n) is 6.28. The Hall–Kier alpha value is -0.570. The van der Waals surface area contributed by atoms with Crippen molar-refractivity contribution >= 4 is 11.5 Å². The van der Waals surface area contributed by atoms with Crippen LogP contribution in [-0.4, -0.2) is 3.96 Å². The Bertz CT molecular complexity index is 556. The molecule has 2 nitrogen and oxygen atoms in total. The summed E-state index contributed by atoms with van der Waals surface area (Å²) in [7, 11) is 0. The summed E-state index contributed by atoms with van der Waals surface area (Å²) in [4.78, 5) is 14.1. The minimum atomic E-state index is 0.398. The molecule has 0 amide bonds. The smallest absolute Gasteiger partial charge is 0.264 e. The van der Waals surface area contributed by atoms with Crippen molar-refractivity contribution in [2.45, 2.75) is 57.4 Å². The van der Waals surface area contributed by atoms with Crippen molar-refractivity contribution in [3.8, 4) is 0 Å². The van der Waals surface area contributed by atoms with E-state index in [0.717, 1.165) is 36.5 Å². The zero-order chi connectivity index (χ0) is 12.6. The first-order valence-corrected chi connectivity index (χ1v) is 8.80. The zero-order valence-electron chi connectivity index (χ0n) is 11.3. The molecule has 4 fully saturated rings. The molecular formula is C16H21NOS. The fraction of sp³-hybridized carbons (Fsp3) is 0.812. The van der Waals surface area contributed by atoms with Crippen LogP contribution in [-0.2, 0) is 12.8 Å². The Kier molecular flexibility index (Phi) is 2.20. The number of rotatable bonds is 1. The largest absolute Gasteiger partial charge is 0.268 e. The van der Waals surface area contributed by atoms with Crippen molar-refractivity contribution in [1.82, 2.24) is 3.96 Å². The topological polar surface area (TPSA) is 22.0 Å². The van der Waals surface area contributed by atoms with Crippen LogP contribution in [0.2, 0.25) is 0 Å². The number of aromatic nitrogens is 1. The summed E-state index contributed by atoms with van der Waals surface area (Å²) in [5.74, 6) is 3.66. The average Bonchev–Trinajstić information content (AvgIpc) is 2.93. The molecule has 1 aromatic heterocycles. The molecule has 0 radical (unpaired) electrons. The van der Waals surface area contributed by atoms with Gasteiger partial charge in [-0.2, -0.15) is 0 Å². The molecule has 0 N–H and O–H groups in total. The molecule has 0 atom stereocenters. The molecule has 3 heteroatoms. The van der Waals surface area contributed by atoms with Crippen LogP contribution in [0.25, 0.3) is 0 Å². The maximum absolute atomic E-state index is 12.7. The fourth-order valence-electron chi connectivity index (χ4n) is 5.81. The number of hydrogen-bond donors (Lipinski definition) is 0. The molecular weight excluding hydrogens is 254 g/mol. The van der Waals surface area contributed by atoms with E-state index in [2.05, 4.69) is 3.96 Å². The summed E-state index contributed by atoms with van der Waals surface area (Å²) in [5.41, 5.74) is 1.58. The molecule has 4 saturated carbocycles. The third-order valence-corrected chi connectivity index (χ3v) is 7.56. The Balaban J connectivity index is 1.58. The van der Waals surface area contributed by atoms with E-state index in [1.807, 2.05) is 11.5 Å². The lowest BCUT2D eigenvalue weighted by molar-refractivity contribution is -0.0263. The van der Waals surface area contributed by atoms with Crippen molar-refractivity contribution in [2.75, 3.05) is 0 Å². The van der Waals surface area contributed by atoms with Crippen LogP contribution in [0.3, 0.4) is 0 Å². The lowest BCUT2D eigenvalue weighted by Crippen LogP contribution is -2.47. The van der Waals surface area contributed by atoms with Crippen LogP contribution in [0.4, 0.5) is 0 Å². The van der Waals surface area contributed by atoms with Gasteiger partial charge in [-0.3, -0.25) is 8.75 Å². The van der Waals surface area contributed by atoms with Gasteiger partial charge in [0.1, 0.15) is 0 Å². The number of aryl methyl sites for hydroxylation is 1. The molecule has 1 heterocycles. The molecule has 102 valence electrons. The Morgan fingerprint density at radius 2 is 1.63 bits per heavy atom. The van der Waals surface area contributed by atoms with E-state index in [1.165, 1.54) is 49.0 Å². The SMILES string of the molecule is O=c1c2c(sn1C1C3CC4CC(C3)CC1C4)CCC2. The van der Waals surface area contributed by atoms with Crippen molar-refractivity contribution in [3.63, 3.8) is 0 Å². The van der Waals surface area contributed by atoms with Gasteiger partial charge in [-0.1, -0.05) is 11.5 Å². The molecule has 4 bridgehead atoms. The van der Waals surface area contributed by atoms with Gasteiger partial charge >= 0.3 is 0 Å². The van der Waals surface area contributed by atoms with E-state index in [9.17, 15) is 4.79 Å². The van der Waals surface area contributed by atoms with Crippen molar-refractivity contribution in [2.24, 2.45) is 23.7 Å². The maximum Gasteiger partial charge on any atom is 0.264 e. The highest BCUT2D eigenvalue weighted by atomic mass is 32.1.